The summed E-state index contributed by atoms with van der Waals surface area (Å²) in [4.78, 5) is 19.6. The third-order valence-electron chi connectivity index (χ3n) is 6.89. The van der Waals surface area contributed by atoms with E-state index in [1.807, 2.05) is 47.5 Å². The van der Waals surface area contributed by atoms with Gasteiger partial charge >= 0.3 is 0 Å². The Balaban J connectivity index is 1.53. The molecule has 1 saturated heterocycles. The minimum Gasteiger partial charge on any atom is -0.481 e. The summed E-state index contributed by atoms with van der Waals surface area (Å²) in [5.74, 6) is 1.60. The highest BCUT2D eigenvalue weighted by Crippen LogP contribution is 2.40. The Morgan fingerprint density at radius 1 is 1.10 bits per heavy atom. The average molecular weight is 419 g/mol. The highest BCUT2D eigenvalue weighted by molar-refractivity contribution is 5.77. The highest BCUT2D eigenvalue weighted by Gasteiger charge is 2.38. The predicted molar refractivity (Wildman–Crippen MR) is 119 cm³/mol. The number of nitriles is 1. The van der Waals surface area contributed by atoms with Crippen molar-refractivity contribution >= 4 is 5.91 Å². The summed E-state index contributed by atoms with van der Waals surface area (Å²) >= 11 is 0. The van der Waals surface area contributed by atoms with Crippen LogP contribution in [-0.2, 0) is 4.79 Å². The molecule has 2 heterocycles. The van der Waals surface area contributed by atoms with Crippen LogP contribution >= 0.6 is 0 Å². The van der Waals surface area contributed by atoms with Crippen LogP contribution in [0.1, 0.15) is 60.6 Å². The lowest BCUT2D eigenvalue weighted by atomic mass is 9.84. The maximum atomic E-state index is 13.2. The number of likely N-dealkylation sites (tertiary alicyclic amines) is 1. The molecule has 0 spiro atoms. The van der Waals surface area contributed by atoms with Gasteiger partial charge in [0.2, 0.25) is 11.8 Å². The van der Waals surface area contributed by atoms with Crippen LogP contribution in [0.15, 0.2) is 42.6 Å². The molecule has 1 aliphatic carbocycles. The van der Waals surface area contributed by atoms with Crippen molar-refractivity contribution in [2.24, 2.45) is 11.7 Å². The number of ether oxygens (including phenoxy) is 1. The summed E-state index contributed by atoms with van der Waals surface area (Å²) in [6.45, 7) is 1.37. The van der Waals surface area contributed by atoms with E-state index in [4.69, 9.17) is 15.7 Å². The van der Waals surface area contributed by atoms with E-state index in [-0.39, 0.29) is 17.7 Å². The molecule has 1 aliphatic heterocycles. The summed E-state index contributed by atoms with van der Waals surface area (Å²) in [7, 11) is 1.61. The number of methoxy groups -OCH3 is 1. The van der Waals surface area contributed by atoms with Crippen molar-refractivity contribution in [1.82, 2.24) is 9.88 Å². The van der Waals surface area contributed by atoms with Crippen molar-refractivity contribution in [2.45, 2.75) is 50.0 Å². The predicted octanol–water partition coefficient (Wildman–Crippen LogP) is 3.58. The van der Waals surface area contributed by atoms with E-state index in [2.05, 4.69) is 11.1 Å². The molecule has 2 N–H and O–H groups in total. The second kappa shape index (κ2) is 9.49. The molecule has 1 aromatic carbocycles. The molecule has 1 saturated carbocycles. The van der Waals surface area contributed by atoms with Crippen molar-refractivity contribution in [3.63, 3.8) is 0 Å². The molecule has 0 unspecified atom stereocenters. The first-order valence-electron chi connectivity index (χ1n) is 11.1. The summed E-state index contributed by atoms with van der Waals surface area (Å²) in [5, 5.41) is 9.13. The zero-order chi connectivity index (χ0) is 21.8. The van der Waals surface area contributed by atoms with Crippen LogP contribution in [-0.4, -0.2) is 42.0 Å². The Bertz CT molecular complexity index is 927. The van der Waals surface area contributed by atoms with Gasteiger partial charge in [-0.25, -0.2) is 4.98 Å². The molecule has 1 aromatic heterocycles. The molecule has 162 valence electrons. The van der Waals surface area contributed by atoms with Crippen molar-refractivity contribution in [1.29, 1.82) is 5.26 Å². The SMILES string of the molecule is COc1ccc([C@@H]2CN(C(=O)CC3CCC(N)CC3)C[C@H]2c2ccc(C#N)cc2)cn1. The molecule has 31 heavy (non-hydrogen) atoms. The molecule has 1 amide bonds. The fourth-order valence-corrected chi connectivity index (χ4v) is 4.99. The van der Waals surface area contributed by atoms with E-state index in [0.717, 1.165) is 36.8 Å². The van der Waals surface area contributed by atoms with Crippen LogP contribution in [0, 0.1) is 17.2 Å². The summed E-state index contributed by atoms with van der Waals surface area (Å²) < 4.78 is 5.21. The number of nitrogens with zero attached hydrogens (tertiary/aromatic N) is 3. The van der Waals surface area contributed by atoms with Gasteiger partial charge in [-0.1, -0.05) is 18.2 Å². The lowest BCUT2D eigenvalue weighted by Gasteiger charge is -2.27. The fraction of sp³-hybridized carbons (Fsp3) is 0.480. The topological polar surface area (TPSA) is 92.2 Å². The number of amides is 1. The number of hydrogen-bond donors (Lipinski definition) is 1. The first kappa shape index (κ1) is 21.3. The Kier molecular flexibility index (Phi) is 6.53. The van der Waals surface area contributed by atoms with Gasteiger partial charge in [0.15, 0.2) is 0 Å². The van der Waals surface area contributed by atoms with Gasteiger partial charge in [-0.2, -0.15) is 5.26 Å². The normalized spacial score (nSPS) is 25.8. The minimum absolute atomic E-state index is 0.162. The third-order valence-corrected chi connectivity index (χ3v) is 6.89. The summed E-state index contributed by atoms with van der Waals surface area (Å²) in [6.07, 6.45) is 6.60. The van der Waals surface area contributed by atoms with Crippen LogP contribution in [0.25, 0.3) is 0 Å². The molecule has 4 rings (SSSR count). The van der Waals surface area contributed by atoms with Crippen LogP contribution in [0.4, 0.5) is 0 Å². The van der Waals surface area contributed by atoms with Gasteiger partial charge in [0.05, 0.1) is 18.7 Å². The van der Waals surface area contributed by atoms with Gasteiger partial charge in [0.1, 0.15) is 0 Å². The Hall–Kier alpha value is -2.91. The van der Waals surface area contributed by atoms with Crippen LogP contribution < -0.4 is 10.5 Å². The van der Waals surface area contributed by atoms with Crippen LogP contribution in [0.2, 0.25) is 0 Å². The fourth-order valence-electron chi connectivity index (χ4n) is 4.99. The molecular weight excluding hydrogens is 388 g/mol. The molecule has 0 radical (unpaired) electrons. The van der Waals surface area contributed by atoms with Crippen LogP contribution in [0.5, 0.6) is 5.88 Å². The van der Waals surface area contributed by atoms with Gasteiger partial charge in [0.25, 0.3) is 0 Å². The van der Waals surface area contributed by atoms with Gasteiger partial charge in [0, 0.05) is 49.7 Å². The molecule has 2 aromatic rings. The van der Waals surface area contributed by atoms with E-state index in [0.29, 0.717) is 42.9 Å². The number of benzene rings is 1. The number of carbonyl (C=O) groups excluding carboxylic acids is 1. The molecule has 6 heteroatoms. The monoisotopic (exact) mass is 418 g/mol. The first-order valence-corrected chi connectivity index (χ1v) is 11.1. The van der Waals surface area contributed by atoms with E-state index in [1.165, 1.54) is 0 Å². The molecule has 2 atom stereocenters. The van der Waals surface area contributed by atoms with Gasteiger partial charge < -0.3 is 15.4 Å². The summed E-state index contributed by atoms with van der Waals surface area (Å²) in [5.41, 5.74) is 8.93. The lowest BCUT2D eigenvalue weighted by Crippen LogP contribution is -2.33. The third kappa shape index (κ3) is 4.88. The number of rotatable bonds is 5. The van der Waals surface area contributed by atoms with Gasteiger partial charge in [-0.15, -0.1) is 0 Å². The maximum absolute atomic E-state index is 13.2. The molecular formula is C25H30N4O2. The molecule has 2 aliphatic rings. The molecule has 6 nitrogen and oxygen atoms in total. The van der Waals surface area contributed by atoms with Crippen LogP contribution in [0.3, 0.4) is 0 Å². The number of aromatic nitrogens is 1. The lowest BCUT2D eigenvalue weighted by molar-refractivity contribution is -0.131. The Morgan fingerprint density at radius 2 is 1.74 bits per heavy atom. The van der Waals surface area contributed by atoms with Crippen molar-refractivity contribution in [2.75, 3.05) is 20.2 Å². The Morgan fingerprint density at radius 3 is 2.32 bits per heavy atom. The number of hydrogen-bond acceptors (Lipinski definition) is 5. The number of nitrogens with two attached hydrogens (primary N) is 1. The van der Waals surface area contributed by atoms with E-state index >= 15 is 0 Å². The van der Waals surface area contributed by atoms with Crippen molar-refractivity contribution in [3.05, 3.63) is 59.3 Å². The van der Waals surface area contributed by atoms with Crippen molar-refractivity contribution < 1.29 is 9.53 Å². The second-order valence-corrected chi connectivity index (χ2v) is 8.86. The van der Waals surface area contributed by atoms with Gasteiger partial charge in [-0.3, -0.25) is 4.79 Å². The number of pyridine rings is 1. The van der Waals surface area contributed by atoms with Gasteiger partial charge in [-0.05, 0) is 54.9 Å². The zero-order valence-corrected chi connectivity index (χ0v) is 18.0. The molecule has 0 bridgehead atoms. The largest absolute Gasteiger partial charge is 0.481 e. The summed E-state index contributed by atoms with van der Waals surface area (Å²) in [6, 6.07) is 14.1. The van der Waals surface area contributed by atoms with E-state index < -0.39 is 0 Å². The quantitative estimate of drug-likeness (QED) is 0.801. The number of carbonyl (C=O) groups is 1. The minimum atomic E-state index is 0.162. The van der Waals surface area contributed by atoms with E-state index in [1.54, 1.807) is 7.11 Å². The second-order valence-electron chi connectivity index (χ2n) is 8.86. The zero-order valence-electron chi connectivity index (χ0n) is 18.0. The first-order chi connectivity index (χ1) is 15.1. The smallest absolute Gasteiger partial charge is 0.222 e. The van der Waals surface area contributed by atoms with Crippen molar-refractivity contribution in [3.8, 4) is 11.9 Å². The standard InChI is InChI=1S/C25H30N4O2/c1-31-24-11-8-20(14-28-24)23-16-29(25(30)12-17-4-9-21(27)10-5-17)15-22(23)19-6-2-18(13-26)3-7-19/h2-3,6-8,11,14,17,21-23H,4-5,9-10,12,15-16,27H2,1H3/t17?,21?,22-,23-/m0/s1. The van der Waals surface area contributed by atoms with E-state index in [9.17, 15) is 4.79 Å². The maximum Gasteiger partial charge on any atom is 0.222 e. The Labute approximate surface area is 184 Å². The highest BCUT2D eigenvalue weighted by atomic mass is 16.5. The average Bonchev–Trinajstić information content (AvgIpc) is 3.26. The molecule has 2 fully saturated rings.